The van der Waals surface area contributed by atoms with Crippen LogP contribution in [0.3, 0.4) is 0 Å². The Balaban J connectivity index is 1.87. The van der Waals surface area contributed by atoms with Crippen molar-refractivity contribution in [2.24, 2.45) is 0 Å². The zero-order valence-corrected chi connectivity index (χ0v) is 18.1. The minimum Gasteiger partial charge on any atom is -0.506 e. The molecule has 1 heterocycles. The van der Waals surface area contributed by atoms with Gasteiger partial charge in [-0.25, -0.2) is 0 Å². The molecule has 4 rings (SSSR count). The predicted molar refractivity (Wildman–Crippen MR) is 126 cm³/mol. The molecular weight excluding hydrogens is 436 g/mol. The SMILES string of the molecule is O=C(O)CNC(=O)c1c(O)c2c(OCc3ccccc3)cccc2n(Cc2ccccc2)c1=O. The van der Waals surface area contributed by atoms with E-state index in [1.165, 1.54) is 4.57 Å². The van der Waals surface area contributed by atoms with Crippen molar-refractivity contribution in [2.45, 2.75) is 13.2 Å². The minimum absolute atomic E-state index is 0.137. The van der Waals surface area contributed by atoms with Gasteiger partial charge >= 0.3 is 5.97 Å². The molecule has 0 bridgehead atoms. The molecule has 0 saturated heterocycles. The van der Waals surface area contributed by atoms with Gasteiger partial charge in [0.1, 0.15) is 30.2 Å². The van der Waals surface area contributed by atoms with Gasteiger partial charge in [-0.3, -0.25) is 14.4 Å². The summed E-state index contributed by atoms with van der Waals surface area (Å²) in [5, 5.41) is 22.3. The number of pyridine rings is 1. The Hall–Kier alpha value is -4.59. The van der Waals surface area contributed by atoms with Crippen LogP contribution in [0.2, 0.25) is 0 Å². The van der Waals surface area contributed by atoms with Crippen molar-refractivity contribution in [1.82, 2.24) is 9.88 Å². The molecule has 0 aliphatic rings. The maximum absolute atomic E-state index is 13.3. The number of carboxylic acid groups (broad SMARTS) is 1. The van der Waals surface area contributed by atoms with Gasteiger partial charge in [-0.15, -0.1) is 0 Å². The number of aliphatic carboxylic acids is 1. The zero-order valence-electron chi connectivity index (χ0n) is 18.1. The summed E-state index contributed by atoms with van der Waals surface area (Å²) in [5.41, 5.74) is 0.809. The molecular formula is C26H22N2O6. The Labute approximate surface area is 194 Å². The summed E-state index contributed by atoms with van der Waals surface area (Å²) in [5.74, 6) is -2.53. The Kier molecular flexibility index (Phi) is 6.59. The largest absolute Gasteiger partial charge is 0.506 e. The molecule has 8 nitrogen and oxygen atoms in total. The van der Waals surface area contributed by atoms with Gasteiger partial charge < -0.3 is 24.8 Å². The third-order valence-corrected chi connectivity index (χ3v) is 5.28. The number of amides is 1. The van der Waals surface area contributed by atoms with Gasteiger partial charge in [-0.05, 0) is 23.3 Å². The Morgan fingerprint density at radius 1 is 0.882 bits per heavy atom. The van der Waals surface area contributed by atoms with Gasteiger partial charge in [0.25, 0.3) is 11.5 Å². The molecule has 0 saturated carbocycles. The quantitative estimate of drug-likeness (QED) is 0.373. The van der Waals surface area contributed by atoms with E-state index in [9.17, 15) is 19.5 Å². The summed E-state index contributed by atoms with van der Waals surface area (Å²) < 4.78 is 7.33. The van der Waals surface area contributed by atoms with Crippen LogP contribution < -0.4 is 15.6 Å². The first kappa shape index (κ1) is 22.6. The summed E-state index contributed by atoms with van der Waals surface area (Å²) in [4.78, 5) is 37.0. The van der Waals surface area contributed by atoms with Crippen molar-refractivity contribution >= 4 is 22.8 Å². The number of carbonyl (C=O) groups excluding carboxylic acids is 1. The number of nitrogens with zero attached hydrogens (tertiary/aromatic N) is 1. The third kappa shape index (κ3) is 4.75. The lowest BCUT2D eigenvalue weighted by atomic mass is 10.1. The highest BCUT2D eigenvalue weighted by Gasteiger charge is 2.25. The van der Waals surface area contributed by atoms with Gasteiger partial charge in [-0.2, -0.15) is 0 Å². The van der Waals surface area contributed by atoms with Crippen LogP contribution in [0.4, 0.5) is 0 Å². The number of aromatic nitrogens is 1. The van der Waals surface area contributed by atoms with Crippen LogP contribution in [0.5, 0.6) is 11.5 Å². The summed E-state index contributed by atoms with van der Waals surface area (Å²) >= 11 is 0. The number of fused-ring (bicyclic) bond motifs is 1. The molecule has 172 valence electrons. The smallest absolute Gasteiger partial charge is 0.322 e. The minimum atomic E-state index is -1.27. The van der Waals surface area contributed by atoms with E-state index < -0.39 is 35.3 Å². The highest BCUT2D eigenvalue weighted by molar-refractivity contribution is 6.04. The summed E-state index contributed by atoms with van der Waals surface area (Å²) in [6.07, 6.45) is 0. The Morgan fingerprint density at radius 2 is 1.53 bits per heavy atom. The fourth-order valence-electron chi connectivity index (χ4n) is 3.68. The molecule has 0 aliphatic carbocycles. The number of nitrogens with one attached hydrogen (secondary N) is 1. The highest BCUT2D eigenvalue weighted by atomic mass is 16.5. The van der Waals surface area contributed by atoms with Gasteiger partial charge in [0, 0.05) is 0 Å². The number of hydrogen-bond acceptors (Lipinski definition) is 5. The predicted octanol–water partition coefficient (Wildman–Crippen LogP) is 3.15. The first-order chi connectivity index (χ1) is 16.5. The van der Waals surface area contributed by atoms with Gasteiger partial charge in [0.15, 0.2) is 0 Å². The lowest BCUT2D eigenvalue weighted by molar-refractivity contribution is -0.135. The lowest BCUT2D eigenvalue weighted by Gasteiger charge is -2.17. The molecule has 0 atom stereocenters. The van der Waals surface area contributed by atoms with E-state index >= 15 is 0 Å². The average Bonchev–Trinajstić information content (AvgIpc) is 2.85. The molecule has 8 heteroatoms. The van der Waals surface area contributed by atoms with Crippen LogP contribution >= 0.6 is 0 Å². The maximum atomic E-state index is 13.3. The van der Waals surface area contributed by atoms with Crippen molar-refractivity contribution in [1.29, 1.82) is 0 Å². The van der Waals surface area contributed by atoms with Crippen LogP contribution in [-0.4, -0.2) is 33.2 Å². The van der Waals surface area contributed by atoms with Crippen LogP contribution in [0.1, 0.15) is 21.5 Å². The normalized spacial score (nSPS) is 10.7. The van der Waals surface area contributed by atoms with Crippen LogP contribution in [0, 0.1) is 0 Å². The molecule has 0 radical (unpaired) electrons. The molecule has 1 amide bonds. The van der Waals surface area contributed by atoms with Gasteiger partial charge in [-0.1, -0.05) is 66.7 Å². The first-order valence-electron chi connectivity index (χ1n) is 10.5. The molecule has 0 unspecified atom stereocenters. The van der Waals surface area contributed by atoms with E-state index in [0.29, 0.717) is 5.52 Å². The van der Waals surface area contributed by atoms with Crippen molar-refractivity contribution in [3.8, 4) is 11.5 Å². The van der Waals surface area contributed by atoms with Crippen LogP contribution in [0.15, 0.2) is 83.7 Å². The number of aromatic hydroxyl groups is 1. The third-order valence-electron chi connectivity index (χ3n) is 5.28. The molecule has 4 aromatic rings. The van der Waals surface area contributed by atoms with Crippen molar-refractivity contribution in [2.75, 3.05) is 6.54 Å². The molecule has 0 spiro atoms. The summed E-state index contributed by atoms with van der Waals surface area (Å²) in [7, 11) is 0. The second-order valence-corrected chi connectivity index (χ2v) is 7.60. The number of rotatable bonds is 8. The van der Waals surface area contributed by atoms with Crippen LogP contribution in [-0.2, 0) is 17.9 Å². The fraction of sp³-hybridized carbons (Fsp3) is 0.115. The van der Waals surface area contributed by atoms with E-state index in [2.05, 4.69) is 5.32 Å². The fourth-order valence-corrected chi connectivity index (χ4v) is 3.68. The Bertz CT molecular complexity index is 1400. The second-order valence-electron chi connectivity index (χ2n) is 7.60. The number of benzene rings is 3. The van der Waals surface area contributed by atoms with Gasteiger partial charge in [0.05, 0.1) is 17.4 Å². The zero-order chi connectivity index (χ0) is 24.1. The molecule has 0 aliphatic heterocycles. The van der Waals surface area contributed by atoms with E-state index in [0.717, 1.165) is 11.1 Å². The van der Waals surface area contributed by atoms with E-state index in [1.54, 1.807) is 18.2 Å². The van der Waals surface area contributed by atoms with E-state index in [4.69, 9.17) is 9.84 Å². The molecule has 1 aromatic heterocycles. The lowest BCUT2D eigenvalue weighted by Crippen LogP contribution is -2.36. The highest BCUT2D eigenvalue weighted by Crippen LogP contribution is 2.35. The molecule has 3 N–H and O–H groups in total. The topological polar surface area (TPSA) is 118 Å². The standard InChI is InChI=1S/C26H22N2O6/c29-21(30)14-27-25(32)23-24(31)22-19(28(26(23)33)15-17-8-3-1-4-9-17)12-7-13-20(22)34-16-18-10-5-2-6-11-18/h1-13,31H,14-16H2,(H,27,32)(H,29,30). The average molecular weight is 458 g/mol. The molecule has 34 heavy (non-hydrogen) atoms. The van der Waals surface area contributed by atoms with E-state index in [1.807, 2.05) is 60.7 Å². The first-order valence-corrected chi connectivity index (χ1v) is 10.5. The monoisotopic (exact) mass is 458 g/mol. The van der Waals surface area contributed by atoms with Crippen molar-refractivity contribution in [3.63, 3.8) is 0 Å². The summed E-state index contributed by atoms with van der Waals surface area (Å²) in [6.45, 7) is -0.351. The molecule has 0 fully saturated rings. The van der Waals surface area contributed by atoms with Crippen molar-refractivity contribution in [3.05, 3.63) is 106 Å². The second kappa shape index (κ2) is 9.91. The number of hydrogen-bond donors (Lipinski definition) is 3. The number of carboxylic acids is 1. The Morgan fingerprint density at radius 3 is 2.18 bits per heavy atom. The summed E-state index contributed by atoms with van der Waals surface area (Å²) in [6, 6.07) is 23.6. The number of ether oxygens (including phenoxy) is 1. The van der Waals surface area contributed by atoms with Crippen molar-refractivity contribution < 1.29 is 24.5 Å². The van der Waals surface area contributed by atoms with E-state index in [-0.39, 0.29) is 24.3 Å². The maximum Gasteiger partial charge on any atom is 0.322 e. The van der Waals surface area contributed by atoms with Crippen LogP contribution in [0.25, 0.3) is 10.9 Å². The number of carbonyl (C=O) groups is 2. The van der Waals surface area contributed by atoms with Gasteiger partial charge in [0.2, 0.25) is 0 Å². The molecule has 3 aromatic carbocycles.